The Labute approximate surface area is 206 Å². The van der Waals surface area contributed by atoms with E-state index in [1.54, 1.807) is 0 Å². The molecule has 2 aliphatic rings. The van der Waals surface area contributed by atoms with Crippen LogP contribution in [-0.2, 0) is 12.8 Å². The number of benzene rings is 5. The molecule has 0 aliphatic carbocycles. The van der Waals surface area contributed by atoms with E-state index in [4.69, 9.17) is 0 Å². The van der Waals surface area contributed by atoms with Crippen LogP contribution in [0.2, 0.25) is 0 Å². The third-order valence-corrected chi connectivity index (χ3v) is 7.35. The lowest BCUT2D eigenvalue weighted by molar-refractivity contribution is 0.685. The van der Waals surface area contributed by atoms with Crippen molar-refractivity contribution in [1.82, 2.24) is 0 Å². The normalized spacial score (nSPS) is 13.6. The molecule has 0 radical (unpaired) electrons. The molecular formula is C33H26N2. The first-order valence-corrected chi connectivity index (χ1v) is 12.3. The minimum atomic E-state index is -0.0404. The van der Waals surface area contributed by atoms with Crippen LogP contribution in [0.15, 0.2) is 127 Å². The predicted molar refractivity (Wildman–Crippen MR) is 145 cm³/mol. The second-order valence-electron chi connectivity index (χ2n) is 9.39. The van der Waals surface area contributed by atoms with Crippen molar-refractivity contribution >= 4 is 22.7 Å². The maximum absolute atomic E-state index is 2.56. The Morgan fingerprint density at radius 2 is 0.686 bits per heavy atom. The van der Waals surface area contributed by atoms with Gasteiger partial charge in [-0.3, -0.25) is 0 Å². The third kappa shape index (κ3) is 3.25. The number of hydrogen-bond acceptors (Lipinski definition) is 2. The molecule has 2 heteroatoms. The van der Waals surface area contributed by atoms with E-state index in [2.05, 4.69) is 137 Å². The van der Waals surface area contributed by atoms with Gasteiger partial charge in [-0.25, -0.2) is 0 Å². The topological polar surface area (TPSA) is 6.48 Å². The van der Waals surface area contributed by atoms with Gasteiger partial charge >= 0.3 is 0 Å². The third-order valence-electron chi connectivity index (χ3n) is 7.35. The lowest BCUT2D eigenvalue weighted by Crippen LogP contribution is -2.40. The van der Waals surface area contributed by atoms with Crippen LogP contribution < -0.4 is 9.80 Å². The number of para-hydroxylation sites is 4. The zero-order valence-corrected chi connectivity index (χ0v) is 19.5. The number of hydrogen-bond donors (Lipinski definition) is 0. The highest BCUT2D eigenvalue weighted by Gasteiger charge is 2.37. The zero-order valence-electron chi connectivity index (χ0n) is 19.5. The summed E-state index contributed by atoms with van der Waals surface area (Å²) in [7, 11) is 0. The Balaban J connectivity index is 1.54. The van der Waals surface area contributed by atoms with E-state index in [-0.39, 0.29) is 6.17 Å². The minimum Gasteiger partial charge on any atom is -0.316 e. The summed E-state index contributed by atoms with van der Waals surface area (Å²) in [5, 5.41) is 0. The molecule has 0 saturated heterocycles. The van der Waals surface area contributed by atoms with Crippen LogP contribution in [0.1, 0.15) is 34.0 Å². The molecular weight excluding hydrogens is 424 g/mol. The predicted octanol–water partition coefficient (Wildman–Crippen LogP) is 8.17. The van der Waals surface area contributed by atoms with Gasteiger partial charge in [0.1, 0.15) is 6.17 Å². The summed E-state index contributed by atoms with van der Waals surface area (Å²) >= 11 is 0. The molecule has 0 fully saturated rings. The van der Waals surface area contributed by atoms with Gasteiger partial charge in [-0.2, -0.15) is 0 Å². The molecule has 168 valence electrons. The second kappa shape index (κ2) is 8.18. The first kappa shape index (κ1) is 20.1. The van der Waals surface area contributed by atoms with Gasteiger partial charge in [0.05, 0.1) is 0 Å². The number of anilines is 4. The number of fused-ring (bicyclic) bond motifs is 4. The monoisotopic (exact) mass is 450 g/mol. The van der Waals surface area contributed by atoms with E-state index in [1.807, 2.05) is 0 Å². The molecule has 2 nitrogen and oxygen atoms in total. The van der Waals surface area contributed by atoms with E-state index in [0.29, 0.717) is 0 Å². The molecule has 5 aromatic rings. The fraction of sp³-hybridized carbons (Fsp3) is 0.0909. The highest BCUT2D eigenvalue weighted by Crippen LogP contribution is 2.50. The molecule has 35 heavy (non-hydrogen) atoms. The van der Waals surface area contributed by atoms with Gasteiger partial charge in [-0.15, -0.1) is 0 Å². The Morgan fingerprint density at radius 3 is 1.06 bits per heavy atom. The summed E-state index contributed by atoms with van der Waals surface area (Å²) in [6.07, 6.45) is 1.87. The fourth-order valence-electron chi connectivity index (χ4n) is 5.82. The highest BCUT2D eigenvalue weighted by molar-refractivity contribution is 5.81. The molecule has 0 unspecified atom stereocenters. The van der Waals surface area contributed by atoms with Crippen LogP contribution in [0.5, 0.6) is 0 Å². The Kier molecular flexibility index (Phi) is 4.70. The molecule has 0 aromatic heterocycles. The SMILES string of the molecule is c1ccc(C(N2c3ccccc3Cc3ccccc32)N2c3ccccc3Cc3ccccc32)cc1. The quantitative estimate of drug-likeness (QED) is 0.273. The van der Waals surface area contributed by atoms with E-state index in [0.717, 1.165) is 12.8 Å². The molecule has 0 saturated carbocycles. The lowest BCUT2D eigenvalue weighted by Gasteiger charge is -2.47. The maximum atomic E-state index is 2.56. The summed E-state index contributed by atoms with van der Waals surface area (Å²) in [4.78, 5) is 5.12. The first-order valence-electron chi connectivity index (χ1n) is 12.3. The molecule has 0 spiro atoms. The standard InChI is InChI=1S/C33H26N2/c1-2-12-24(13-3-1)33(34-29-18-8-4-14-25(29)22-26-15-5-9-19-30(26)34)35-31-20-10-6-16-27(31)23-28-17-7-11-21-32(28)35/h1-21,33H,22-23H2. The van der Waals surface area contributed by atoms with Crippen LogP contribution in [0.4, 0.5) is 22.7 Å². The van der Waals surface area contributed by atoms with E-state index in [9.17, 15) is 0 Å². The lowest BCUT2D eigenvalue weighted by atomic mass is 9.91. The van der Waals surface area contributed by atoms with Crippen molar-refractivity contribution in [2.45, 2.75) is 19.0 Å². The average molecular weight is 451 g/mol. The van der Waals surface area contributed by atoms with Gasteiger partial charge in [0.15, 0.2) is 0 Å². The van der Waals surface area contributed by atoms with Crippen LogP contribution in [0, 0.1) is 0 Å². The molecule has 7 rings (SSSR count). The van der Waals surface area contributed by atoms with Crippen molar-refractivity contribution in [3.05, 3.63) is 155 Å². The van der Waals surface area contributed by atoms with Gasteiger partial charge in [-0.1, -0.05) is 103 Å². The van der Waals surface area contributed by atoms with E-state index in [1.165, 1.54) is 50.6 Å². The van der Waals surface area contributed by atoms with Crippen molar-refractivity contribution in [3.63, 3.8) is 0 Å². The minimum absolute atomic E-state index is 0.0404. The van der Waals surface area contributed by atoms with Crippen molar-refractivity contribution in [2.24, 2.45) is 0 Å². The van der Waals surface area contributed by atoms with Crippen LogP contribution in [0.25, 0.3) is 0 Å². The molecule has 0 bridgehead atoms. The van der Waals surface area contributed by atoms with E-state index >= 15 is 0 Å². The smallest absolute Gasteiger partial charge is 0.137 e. The van der Waals surface area contributed by atoms with E-state index < -0.39 is 0 Å². The molecule has 2 heterocycles. The maximum Gasteiger partial charge on any atom is 0.137 e. The number of nitrogens with zero attached hydrogens (tertiary/aromatic N) is 2. The Hall–Kier alpha value is -4.30. The van der Waals surface area contributed by atoms with Crippen molar-refractivity contribution in [1.29, 1.82) is 0 Å². The van der Waals surface area contributed by atoms with Crippen LogP contribution >= 0.6 is 0 Å². The molecule has 2 aliphatic heterocycles. The molecule has 0 atom stereocenters. The largest absolute Gasteiger partial charge is 0.316 e. The molecule has 5 aromatic carbocycles. The fourth-order valence-corrected chi connectivity index (χ4v) is 5.82. The Morgan fingerprint density at radius 1 is 0.371 bits per heavy atom. The highest BCUT2D eigenvalue weighted by atomic mass is 15.4. The van der Waals surface area contributed by atoms with Crippen LogP contribution in [0.3, 0.4) is 0 Å². The number of rotatable bonds is 3. The van der Waals surface area contributed by atoms with Gasteiger partial charge < -0.3 is 9.80 Å². The van der Waals surface area contributed by atoms with Crippen molar-refractivity contribution < 1.29 is 0 Å². The van der Waals surface area contributed by atoms with Crippen molar-refractivity contribution in [2.75, 3.05) is 9.80 Å². The van der Waals surface area contributed by atoms with Crippen LogP contribution in [-0.4, -0.2) is 0 Å². The summed E-state index contributed by atoms with van der Waals surface area (Å²) in [6.45, 7) is 0. The van der Waals surface area contributed by atoms with Gasteiger partial charge in [0.2, 0.25) is 0 Å². The van der Waals surface area contributed by atoms with Gasteiger partial charge in [0.25, 0.3) is 0 Å². The van der Waals surface area contributed by atoms with Gasteiger partial charge in [0, 0.05) is 35.6 Å². The average Bonchev–Trinajstić information content (AvgIpc) is 2.93. The molecule has 0 amide bonds. The first-order chi connectivity index (χ1) is 17.4. The summed E-state index contributed by atoms with van der Waals surface area (Å²) < 4.78 is 0. The second-order valence-corrected chi connectivity index (χ2v) is 9.39. The zero-order chi connectivity index (χ0) is 23.2. The van der Waals surface area contributed by atoms with Gasteiger partial charge in [-0.05, 0) is 52.1 Å². The van der Waals surface area contributed by atoms with Crippen molar-refractivity contribution in [3.8, 4) is 0 Å². The molecule has 0 N–H and O–H groups in total. The Bertz CT molecular complexity index is 1330. The summed E-state index contributed by atoms with van der Waals surface area (Å²) in [5.74, 6) is 0. The summed E-state index contributed by atoms with van der Waals surface area (Å²) in [6, 6.07) is 46.5. The summed E-state index contributed by atoms with van der Waals surface area (Å²) in [5.41, 5.74) is 11.8.